The lowest BCUT2D eigenvalue weighted by molar-refractivity contribution is 0.0786. The van der Waals surface area contributed by atoms with Gasteiger partial charge in [-0.15, -0.1) is 0 Å². The first-order valence-electron chi connectivity index (χ1n) is 10.2. The molecule has 0 amide bonds. The van der Waals surface area contributed by atoms with Crippen molar-refractivity contribution < 1.29 is 18.6 Å². The Morgan fingerprint density at radius 2 is 1.90 bits per heavy atom. The van der Waals surface area contributed by atoms with Crippen LogP contribution >= 0.6 is 0 Å². The largest absolute Gasteiger partial charge is 0.498 e. The second kappa shape index (κ2) is 9.62. The average Bonchev–Trinajstić information content (AvgIpc) is 2.80. The number of fused-ring (bicyclic) bond motifs is 1. The Morgan fingerprint density at radius 3 is 2.65 bits per heavy atom. The van der Waals surface area contributed by atoms with E-state index in [1.165, 1.54) is 11.6 Å². The molecule has 3 aromatic rings. The molecule has 1 heterocycles. The van der Waals surface area contributed by atoms with Gasteiger partial charge < -0.3 is 19.5 Å². The van der Waals surface area contributed by atoms with Crippen LogP contribution in [-0.4, -0.2) is 31.9 Å². The Labute approximate surface area is 181 Å². The number of pyridine rings is 1. The summed E-state index contributed by atoms with van der Waals surface area (Å²) in [7, 11) is 3.23. The van der Waals surface area contributed by atoms with Crippen molar-refractivity contribution in [1.29, 1.82) is 0 Å². The van der Waals surface area contributed by atoms with E-state index in [0.717, 1.165) is 17.7 Å². The number of rotatable bonds is 8. The Kier molecular flexibility index (Phi) is 6.48. The van der Waals surface area contributed by atoms with E-state index in [2.05, 4.69) is 22.4 Å². The lowest BCUT2D eigenvalue weighted by atomic mass is 9.98. The van der Waals surface area contributed by atoms with E-state index < -0.39 is 5.82 Å². The molecule has 1 atom stereocenters. The lowest BCUT2D eigenvalue weighted by Crippen LogP contribution is -2.23. The molecule has 4 rings (SSSR count). The van der Waals surface area contributed by atoms with Crippen LogP contribution in [0.15, 0.2) is 66.6 Å². The molecule has 0 bridgehead atoms. The summed E-state index contributed by atoms with van der Waals surface area (Å²) in [6.45, 7) is 0.715. The zero-order valence-corrected chi connectivity index (χ0v) is 17.6. The number of hydrogen-bond acceptors (Lipinski definition) is 5. The number of nitrogens with one attached hydrogen (secondary N) is 1. The highest BCUT2D eigenvalue weighted by Crippen LogP contribution is 2.35. The highest BCUT2D eigenvalue weighted by atomic mass is 19.1. The number of ether oxygens (including phenoxy) is 3. The van der Waals surface area contributed by atoms with Gasteiger partial charge >= 0.3 is 0 Å². The summed E-state index contributed by atoms with van der Waals surface area (Å²) in [5.41, 5.74) is 3.54. The molecule has 1 aliphatic rings. The maximum absolute atomic E-state index is 14.7. The van der Waals surface area contributed by atoms with Gasteiger partial charge in [0, 0.05) is 43.6 Å². The van der Waals surface area contributed by atoms with E-state index in [9.17, 15) is 4.39 Å². The van der Waals surface area contributed by atoms with E-state index >= 15 is 0 Å². The molecule has 0 aliphatic heterocycles. The molecule has 0 fully saturated rings. The van der Waals surface area contributed by atoms with Crippen molar-refractivity contribution in [2.24, 2.45) is 0 Å². The van der Waals surface area contributed by atoms with Crippen molar-refractivity contribution in [1.82, 2.24) is 4.98 Å². The molecule has 6 heteroatoms. The molecule has 1 aliphatic carbocycles. The quantitative estimate of drug-likeness (QED) is 0.541. The van der Waals surface area contributed by atoms with Crippen LogP contribution in [0.4, 0.5) is 10.1 Å². The first-order valence-corrected chi connectivity index (χ1v) is 10.2. The van der Waals surface area contributed by atoms with Crippen LogP contribution in [0.5, 0.6) is 11.5 Å². The molecule has 1 N–H and O–H groups in total. The third-order valence-corrected chi connectivity index (χ3v) is 5.27. The third kappa shape index (κ3) is 4.86. The number of hydrogen-bond donors (Lipinski definition) is 1. The number of aromatic nitrogens is 1. The third-order valence-electron chi connectivity index (χ3n) is 5.27. The van der Waals surface area contributed by atoms with Gasteiger partial charge in [0.2, 0.25) is 0 Å². The van der Waals surface area contributed by atoms with Crippen LogP contribution in [0.2, 0.25) is 0 Å². The van der Waals surface area contributed by atoms with Crippen molar-refractivity contribution in [2.75, 3.05) is 26.1 Å². The van der Waals surface area contributed by atoms with Gasteiger partial charge in [-0.3, -0.25) is 4.98 Å². The highest BCUT2D eigenvalue weighted by molar-refractivity contribution is 5.64. The van der Waals surface area contributed by atoms with Crippen LogP contribution in [0, 0.1) is 5.82 Å². The van der Waals surface area contributed by atoms with Gasteiger partial charge in [0.1, 0.15) is 17.6 Å². The van der Waals surface area contributed by atoms with E-state index in [1.807, 2.05) is 30.3 Å². The topological polar surface area (TPSA) is 52.6 Å². The van der Waals surface area contributed by atoms with Gasteiger partial charge in [-0.1, -0.05) is 30.3 Å². The van der Waals surface area contributed by atoms with Gasteiger partial charge in [-0.2, -0.15) is 0 Å². The van der Waals surface area contributed by atoms with Crippen LogP contribution in [0.1, 0.15) is 16.8 Å². The van der Waals surface area contributed by atoms with E-state index in [-0.39, 0.29) is 11.9 Å². The minimum atomic E-state index is -0.434. The van der Waals surface area contributed by atoms with Gasteiger partial charge in [-0.25, -0.2) is 4.39 Å². The molecule has 0 saturated heterocycles. The number of nitrogens with zero attached hydrogens (tertiary/aromatic N) is 1. The molecule has 2 aromatic carbocycles. The first kappa shape index (κ1) is 20.9. The fraction of sp³-hybridized carbons (Fsp3) is 0.240. The van der Waals surface area contributed by atoms with Crippen molar-refractivity contribution in [3.8, 4) is 11.5 Å². The second-order valence-corrected chi connectivity index (χ2v) is 7.26. The molecule has 31 heavy (non-hydrogen) atoms. The fourth-order valence-electron chi connectivity index (χ4n) is 3.61. The SMILES string of the molecule is COC1=Cc2c(Oc3ccc(NCCc4ccccc4)cc3F)ccnc2CC1OC. The smallest absolute Gasteiger partial charge is 0.167 e. The van der Waals surface area contributed by atoms with Gasteiger partial charge in [0.25, 0.3) is 0 Å². The van der Waals surface area contributed by atoms with Crippen molar-refractivity contribution in [3.63, 3.8) is 0 Å². The van der Waals surface area contributed by atoms with Gasteiger partial charge in [-0.05, 0) is 36.3 Å². The van der Waals surface area contributed by atoms with E-state index in [1.54, 1.807) is 32.5 Å². The van der Waals surface area contributed by atoms with E-state index in [0.29, 0.717) is 30.2 Å². The first-order chi connectivity index (χ1) is 15.2. The van der Waals surface area contributed by atoms with Crippen molar-refractivity contribution in [2.45, 2.75) is 18.9 Å². The average molecular weight is 420 g/mol. The molecule has 0 radical (unpaired) electrons. The van der Waals surface area contributed by atoms with Gasteiger partial charge in [0.15, 0.2) is 11.6 Å². The number of benzene rings is 2. The van der Waals surface area contributed by atoms with E-state index in [4.69, 9.17) is 14.2 Å². The molecular weight excluding hydrogens is 395 g/mol. The monoisotopic (exact) mass is 420 g/mol. The zero-order chi connectivity index (χ0) is 21.6. The number of halogens is 1. The molecule has 5 nitrogen and oxygen atoms in total. The molecule has 1 unspecified atom stereocenters. The standard InChI is InChI=1S/C25H25FN2O3/c1-29-24-15-19-21(16-25(24)30-2)28-13-11-22(19)31-23-9-8-18(14-20(23)26)27-12-10-17-6-4-3-5-7-17/h3-9,11,13-15,25,27H,10,12,16H2,1-2H3. The molecule has 160 valence electrons. The molecule has 1 aromatic heterocycles. The Balaban J connectivity index is 1.47. The predicted molar refractivity (Wildman–Crippen MR) is 119 cm³/mol. The molecular formula is C25H25FN2O3. The summed E-state index contributed by atoms with van der Waals surface area (Å²) in [4.78, 5) is 4.42. The van der Waals surface area contributed by atoms with Crippen molar-refractivity contribution in [3.05, 3.63) is 89.2 Å². The number of anilines is 1. The Morgan fingerprint density at radius 1 is 1.06 bits per heavy atom. The Bertz CT molecular complexity index is 1070. The summed E-state index contributed by atoms with van der Waals surface area (Å²) in [6.07, 6.45) is 4.73. The van der Waals surface area contributed by atoms with Crippen LogP contribution < -0.4 is 10.1 Å². The second-order valence-electron chi connectivity index (χ2n) is 7.26. The van der Waals surface area contributed by atoms with Crippen LogP contribution in [0.25, 0.3) is 6.08 Å². The lowest BCUT2D eigenvalue weighted by Gasteiger charge is -2.24. The Hall–Kier alpha value is -3.38. The number of methoxy groups -OCH3 is 2. The minimum Gasteiger partial charge on any atom is -0.498 e. The normalized spacial score (nSPS) is 15.1. The summed E-state index contributed by atoms with van der Waals surface area (Å²) >= 11 is 0. The summed E-state index contributed by atoms with van der Waals surface area (Å²) < 4.78 is 31.5. The maximum atomic E-state index is 14.7. The molecule has 0 saturated carbocycles. The fourth-order valence-corrected chi connectivity index (χ4v) is 3.61. The van der Waals surface area contributed by atoms with Crippen molar-refractivity contribution >= 4 is 11.8 Å². The minimum absolute atomic E-state index is 0.156. The highest BCUT2D eigenvalue weighted by Gasteiger charge is 2.25. The van der Waals surface area contributed by atoms with Crippen LogP contribution in [0.3, 0.4) is 0 Å². The summed E-state index contributed by atoms with van der Waals surface area (Å²) in [5, 5.41) is 3.25. The van der Waals surface area contributed by atoms with Gasteiger partial charge in [0.05, 0.1) is 12.8 Å². The maximum Gasteiger partial charge on any atom is 0.167 e. The zero-order valence-electron chi connectivity index (χ0n) is 17.6. The predicted octanol–water partition coefficient (Wildman–Crippen LogP) is 5.23. The molecule has 0 spiro atoms. The summed E-state index contributed by atoms with van der Waals surface area (Å²) in [5.74, 6) is 0.934. The summed E-state index contributed by atoms with van der Waals surface area (Å²) in [6, 6.07) is 16.8. The van der Waals surface area contributed by atoms with Crippen LogP contribution in [-0.2, 0) is 22.3 Å².